The molecule has 0 saturated heterocycles. The topological polar surface area (TPSA) is 23.8 Å². The first-order valence-corrected chi connectivity index (χ1v) is 4.52. The van der Waals surface area contributed by atoms with E-state index in [0.29, 0.717) is 5.70 Å². The van der Waals surface area contributed by atoms with Gasteiger partial charge in [-0.15, -0.1) is 5.70 Å². The second kappa shape index (κ2) is 7.17. The maximum Gasteiger partial charge on any atom is 1.00 e. The number of hydrogen-bond donors (Lipinski definition) is 0. The van der Waals surface area contributed by atoms with Gasteiger partial charge in [0.2, 0.25) is 0 Å². The van der Waals surface area contributed by atoms with E-state index < -0.39 is 0 Å². The zero-order chi connectivity index (χ0) is 10.4. The molecule has 0 heterocycles. The Bertz CT molecular complexity index is 361. The Balaban J connectivity index is 0.00000196. The van der Waals surface area contributed by atoms with Crippen molar-refractivity contribution in [1.82, 2.24) is 0 Å². The van der Waals surface area contributed by atoms with Crippen LogP contribution in [0.2, 0.25) is 0 Å². The molecule has 0 fully saturated rings. The van der Waals surface area contributed by atoms with Crippen LogP contribution in [0.3, 0.4) is 0 Å². The van der Waals surface area contributed by atoms with E-state index in [1.165, 1.54) is 5.56 Å². The van der Waals surface area contributed by atoms with Crippen molar-refractivity contribution in [3.8, 4) is 0 Å². The Labute approximate surface area is 104 Å². The van der Waals surface area contributed by atoms with Gasteiger partial charge in [-0.25, -0.2) is 0 Å². The molecule has 1 rings (SSSR count). The van der Waals surface area contributed by atoms with Gasteiger partial charge in [0.1, 0.15) is 0 Å². The number of rotatable bonds is 3. The molecule has 0 saturated carbocycles. The molecule has 1 nitrogen and oxygen atoms in total. The molecule has 15 heavy (non-hydrogen) atoms. The monoisotopic (exact) mass is 191 g/mol. The molecule has 0 unspecified atom stereocenters. The molecular weight excluding hydrogens is 177 g/mol. The van der Waals surface area contributed by atoms with E-state index in [1.807, 2.05) is 43.3 Å². The van der Waals surface area contributed by atoms with Gasteiger partial charge in [-0.1, -0.05) is 60.7 Å². The van der Waals surface area contributed by atoms with Crippen LogP contribution < -0.4 is 18.9 Å². The fourth-order valence-electron chi connectivity index (χ4n) is 1.06. The molecule has 0 aliphatic carbocycles. The van der Waals surface area contributed by atoms with Crippen molar-refractivity contribution < 1.29 is 18.9 Å². The van der Waals surface area contributed by atoms with Gasteiger partial charge in [0.25, 0.3) is 0 Å². The van der Waals surface area contributed by atoms with Crippen LogP contribution in [0, 0.1) is 6.92 Å². The summed E-state index contributed by atoms with van der Waals surface area (Å²) in [7, 11) is 0. The van der Waals surface area contributed by atoms with Crippen molar-refractivity contribution in [3.05, 3.63) is 72.0 Å². The fourth-order valence-corrected chi connectivity index (χ4v) is 1.06. The molecule has 2 heteroatoms. The maximum atomic E-state index is 7.74. The van der Waals surface area contributed by atoms with Crippen LogP contribution in [0.25, 0.3) is 11.4 Å². The van der Waals surface area contributed by atoms with Crippen LogP contribution in [0.1, 0.15) is 11.1 Å². The predicted molar refractivity (Wildman–Crippen MR) is 62.8 cm³/mol. The third-order valence-corrected chi connectivity index (χ3v) is 1.87. The van der Waals surface area contributed by atoms with E-state index in [0.717, 1.165) is 5.56 Å². The summed E-state index contributed by atoms with van der Waals surface area (Å²) >= 11 is 0. The van der Waals surface area contributed by atoms with Gasteiger partial charge in [0.05, 0.1) is 0 Å². The largest absolute Gasteiger partial charge is 1.00 e. The molecule has 72 valence electrons. The summed E-state index contributed by atoms with van der Waals surface area (Å²) in [5.41, 5.74) is 10.4. The van der Waals surface area contributed by atoms with Gasteiger partial charge < -0.3 is 5.73 Å². The van der Waals surface area contributed by atoms with E-state index in [1.54, 1.807) is 12.2 Å². The van der Waals surface area contributed by atoms with Crippen LogP contribution in [-0.2, 0) is 0 Å². The van der Waals surface area contributed by atoms with E-state index >= 15 is 0 Å². The first-order chi connectivity index (χ1) is 6.74. The molecule has 0 aromatic heterocycles. The molecule has 0 bridgehead atoms. The fraction of sp³-hybridized carbons (Fsp3) is 0.0769. The average molecular weight is 191 g/mol. The maximum absolute atomic E-state index is 7.74. The van der Waals surface area contributed by atoms with Crippen molar-refractivity contribution in [2.24, 2.45) is 0 Å². The quantitative estimate of drug-likeness (QED) is 0.505. The van der Waals surface area contributed by atoms with E-state index in [-0.39, 0.29) is 18.9 Å². The summed E-state index contributed by atoms with van der Waals surface area (Å²) in [6, 6.07) is 7.93. The van der Waals surface area contributed by atoms with Crippen molar-refractivity contribution in [1.29, 1.82) is 0 Å². The smallest absolute Gasteiger partial charge is 0.698 e. The third kappa shape index (κ3) is 4.74. The van der Waals surface area contributed by atoms with Crippen LogP contribution in [0.4, 0.5) is 0 Å². The molecule has 0 spiro atoms. The van der Waals surface area contributed by atoms with Gasteiger partial charge in [-0.3, -0.25) is 0 Å². The SMILES string of the molecule is C=C/C=C/C=C(/[NH-])c1ccc(C)cc1.[Li+]. The average Bonchev–Trinajstić information content (AvgIpc) is 2.19. The zero-order valence-corrected chi connectivity index (χ0v) is 9.33. The first-order valence-electron chi connectivity index (χ1n) is 4.52. The third-order valence-electron chi connectivity index (χ3n) is 1.87. The van der Waals surface area contributed by atoms with Gasteiger partial charge in [0, 0.05) is 0 Å². The van der Waals surface area contributed by atoms with Gasteiger partial charge in [0.15, 0.2) is 0 Å². The zero-order valence-electron chi connectivity index (χ0n) is 9.33. The minimum atomic E-state index is 0. The minimum absolute atomic E-state index is 0. The number of hydrogen-bond acceptors (Lipinski definition) is 0. The summed E-state index contributed by atoms with van der Waals surface area (Å²) in [4.78, 5) is 0. The van der Waals surface area contributed by atoms with Crippen LogP contribution in [0.15, 0.2) is 55.1 Å². The van der Waals surface area contributed by atoms with Gasteiger partial charge >= 0.3 is 18.9 Å². The van der Waals surface area contributed by atoms with Crippen molar-refractivity contribution in [2.45, 2.75) is 6.92 Å². The first kappa shape index (κ1) is 13.8. The Kier molecular flexibility index (Phi) is 6.62. The molecule has 0 atom stereocenters. The molecule has 0 amide bonds. The minimum Gasteiger partial charge on any atom is -0.698 e. The summed E-state index contributed by atoms with van der Waals surface area (Å²) in [6.07, 6.45) is 7.07. The Morgan fingerprint density at radius 2 is 1.80 bits per heavy atom. The second-order valence-corrected chi connectivity index (χ2v) is 3.07. The Hall–Kier alpha value is -1.16. The summed E-state index contributed by atoms with van der Waals surface area (Å²) in [6.45, 7) is 5.60. The van der Waals surface area contributed by atoms with Gasteiger partial charge in [-0.05, 0) is 12.5 Å². The summed E-state index contributed by atoms with van der Waals surface area (Å²) in [5.74, 6) is 0. The Morgan fingerprint density at radius 1 is 1.20 bits per heavy atom. The molecule has 0 aliphatic rings. The van der Waals surface area contributed by atoms with Crippen molar-refractivity contribution in [3.63, 3.8) is 0 Å². The standard InChI is InChI=1S/C13H14N.Li/c1-3-4-5-6-13(14)12-9-7-11(2)8-10-12;/h3-10,14H,1H2,2H3;/q-1;+1/b5-4+,13-6+;. The van der Waals surface area contributed by atoms with E-state index in [9.17, 15) is 0 Å². The number of aryl methyl sites for hydroxylation is 1. The molecule has 0 aliphatic heterocycles. The molecular formula is C13H14LiN. The summed E-state index contributed by atoms with van der Waals surface area (Å²) < 4.78 is 0. The summed E-state index contributed by atoms with van der Waals surface area (Å²) in [5, 5.41) is 0. The molecule has 0 radical (unpaired) electrons. The van der Waals surface area contributed by atoms with E-state index in [2.05, 4.69) is 6.58 Å². The predicted octanol–water partition coefficient (Wildman–Crippen LogP) is 1.13. The van der Waals surface area contributed by atoms with Crippen molar-refractivity contribution in [2.75, 3.05) is 0 Å². The molecule has 1 aromatic rings. The molecule has 1 aromatic carbocycles. The van der Waals surface area contributed by atoms with Crippen LogP contribution in [0.5, 0.6) is 0 Å². The number of allylic oxidation sites excluding steroid dienone is 4. The normalized spacial score (nSPS) is 11.1. The van der Waals surface area contributed by atoms with Crippen molar-refractivity contribution >= 4 is 5.70 Å². The Morgan fingerprint density at radius 3 is 2.33 bits per heavy atom. The van der Waals surface area contributed by atoms with Crippen LogP contribution in [-0.4, -0.2) is 0 Å². The number of nitrogens with one attached hydrogen (secondary N) is 1. The second-order valence-electron chi connectivity index (χ2n) is 3.07. The van der Waals surface area contributed by atoms with E-state index in [4.69, 9.17) is 5.73 Å². The van der Waals surface area contributed by atoms with Gasteiger partial charge in [-0.2, -0.15) is 0 Å². The van der Waals surface area contributed by atoms with Crippen LogP contribution >= 0.6 is 0 Å². The molecule has 1 N–H and O–H groups in total. The number of benzene rings is 1.